The van der Waals surface area contributed by atoms with Gasteiger partial charge in [-0.3, -0.25) is 0 Å². The maximum absolute atomic E-state index is 10.1. The minimum Gasteiger partial charge on any atom is -0.508 e. The smallest absolute Gasteiger partial charge is 0.127 e. The lowest BCUT2D eigenvalue weighted by molar-refractivity contribution is 0.0407. The number of aromatic hydroxyl groups is 1. The molecule has 18 heavy (non-hydrogen) atoms. The number of phenolic OH excluding ortho intramolecular Hbond substituents is 1. The van der Waals surface area contributed by atoms with E-state index in [-0.39, 0.29) is 18.2 Å². The molecule has 102 valence electrons. The number of aliphatic hydroxyl groups is 1. The summed E-state index contributed by atoms with van der Waals surface area (Å²) in [5, 5.41) is 19.5. The molecule has 4 nitrogen and oxygen atoms in total. The standard InChI is InChI=1S/C13H19NO3.ClH/c1-17-11-7-9(15)5-6-10(11)12(14)13(16)8-3-2-4-8;/h5-8,12-13,15-16H,2-4,14H2,1H3;1H/t12-,13+;/m0./s1. The number of hydrogen-bond acceptors (Lipinski definition) is 4. The molecule has 0 spiro atoms. The second-order valence-electron chi connectivity index (χ2n) is 4.63. The van der Waals surface area contributed by atoms with E-state index in [1.54, 1.807) is 12.1 Å². The lowest BCUT2D eigenvalue weighted by Gasteiger charge is -2.34. The third-order valence-electron chi connectivity index (χ3n) is 3.58. The number of hydrogen-bond donors (Lipinski definition) is 3. The maximum Gasteiger partial charge on any atom is 0.127 e. The van der Waals surface area contributed by atoms with Crippen LogP contribution in [0, 0.1) is 5.92 Å². The SMILES string of the molecule is COc1cc(O)ccc1[C@H](N)[C@H](O)C1CCC1.Cl. The van der Waals surface area contributed by atoms with Gasteiger partial charge in [0.1, 0.15) is 11.5 Å². The van der Waals surface area contributed by atoms with Crippen molar-refractivity contribution < 1.29 is 14.9 Å². The molecule has 1 aliphatic rings. The van der Waals surface area contributed by atoms with Crippen molar-refractivity contribution in [1.29, 1.82) is 0 Å². The molecule has 4 N–H and O–H groups in total. The van der Waals surface area contributed by atoms with Crippen LogP contribution in [-0.2, 0) is 0 Å². The Hall–Kier alpha value is -0.970. The van der Waals surface area contributed by atoms with E-state index in [1.807, 2.05) is 0 Å². The maximum atomic E-state index is 10.1. The molecule has 1 aromatic carbocycles. The van der Waals surface area contributed by atoms with Gasteiger partial charge in [-0.25, -0.2) is 0 Å². The monoisotopic (exact) mass is 273 g/mol. The Bertz CT molecular complexity index is 396. The molecule has 0 bridgehead atoms. The van der Waals surface area contributed by atoms with Crippen molar-refractivity contribution in [2.45, 2.75) is 31.4 Å². The van der Waals surface area contributed by atoms with E-state index in [2.05, 4.69) is 0 Å². The molecule has 5 heteroatoms. The van der Waals surface area contributed by atoms with Gasteiger partial charge < -0.3 is 20.7 Å². The van der Waals surface area contributed by atoms with E-state index in [1.165, 1.54) is 19.6 Å². The number of methoxy groups -OCH3 is 1. The van der Waals surface area contributed by atoms with E-state index >= 15 is 0 Å². The molecule has 1 fully saturated rings. The summed E-state index contributed by atoms with van der Waals surface area (Å²) >= 11 is 0. The number of benzene rings is 1. The van der Waals surface area contributed by atoms with Crippen LogP contribution in [0.25, 0.3) is 0 Å². The molecule has 1 aromatic rings. The predicted octanol–water partition coefficient (Wildman–Crippen LogP) is 1.98. The molecule has 2 rings (SSSR count). The van der Waals surface area contributed by atoms with Crippen LogP contribution in [0.3, 0.4) is 0 Å². The van der Waals surface area contributed by atoms with Crippen molar-refractivity contribution in [3.05, 3.63) is 23.8 Å². The van der Waals surface area contributed by atoms with Gasteiger partial charge in [-0.1, -0.05) is 6.42 Å². The lowest BCUT2D eigenvalue weighted by atomic mass is 9.77. The summed E-state index contributed by atoms with van der Waals surface area (Å²) in [6.45, 7) is 0. The molecular weight excluding hydrogens is 254 g/mol. The minimum absolute atomic E-state index is 0. The van der Waals surface area contributed by atoms with Crippen LogP contribution in [0.15, 0.2) is 18.2 Å². The Morgan fingerprint density at radius 3 is 2.56 bits per heavy atom. The van der Waals surface area contributed by atoms with Gasteiger partial charge >= 0.3 is 0 Å². The summed E-state index contributed by atoms with van der Waals surface area (Å²) in [6, 6.07) is 4.32. The van der Waals surface area contributed by atoms with Crippen molar-refractivity contribution in [1.82, 2.24) is 0 Å². The first kappa shape index (κ1) is 15.1. The third-order valence-corrected chi connectivity index (χ3v) is 3.58. The average Bonchev–Trinajstić information content (AvgIpc) is 2.25. The molecule has 0 radical (unpaired) electrons. The largest absolute Gasteiger partial charge is 0.508 e. The van der Waals surface area contributed by atoms with Gasteiger partial charge in [0, 0.05) is 11.6 Å². The first-order valence-electron chi connectivity index (χ1n) is 5.94. The van der Waals surface area contributed by atoms with E-state index in [0.29, 0.717) is 11.7 Å². The number of halogens is 1. The number of ether oxygens (including phenoxy) is 1. The molecule has 0 saturated heterocycles. The predicted molar refractivity (Wildman–Crippen MR) is 72.2 cm³/mol. The zero-order valence-electron chi connectivity index (χ0n) is 10.4. The van der Waals surface area contributed by atoms with Gasteiger partial charge in [0.25, 0.3) is 0 Å². The topological polar surface area (TPSA) is 75.7 Å². The number of phenols is 1. The van der Waals surface area contributed by atoms with Gasteiger partial charge in [-0.15, -0.1) is 12.4 Å². The van der Waals surface area contributed by atoms with Gasteiger partial charge in [-0.05, 0) is 30.9 Å². The zero-order valence-corrected chi connectivity index (χ0v) is 11.2. The molecule has 0 unspecified atom stereocenters. The van der Waals surface area contributed by atoms with Crippen LogP contribution in [-0.4, -0.2) is 23.4 Å². The zero-order chi connectivity index (χ0) is 12.4. The summed E-state index contributed by atoms with van der Waals surface area (Å²) in [5.41, 5.74) is 6.80. The second kappa shape index (κ2) is 6.27. The van der Waals surface area contributed by atoms with E-state index in [0.717, 1.165) is 18.4 Å². The van der Waals surface area contributed by atoms with Crippen molar-refractivity contribution >= 4 is 12.4 Å². The Morgan fingerprint density at radius 2 is 2.06 bits per heavy atom. The van der Waals surface area contributed by atoms with Crippen LogP contribution in [0.4, 0.5) is 0 Å². The summed E-state index contributed by atoms with van der Waals surface area (Å²) in [5.74, 6) is 0.954. The van der Waals surface area contributed by atoms with Gasteiger partial charge in [0.05, 0.1) is 19.3 Å². The molecule has 0 aliphatic heterocycles. The molecule has 0 amide bonds. The Labute approximate surface area is 113 Å². The Balaban J connectivity index is 0.00000162. The van der Waals surface area contributed by atoms with E-state index < -0.39 is 12.1 Å². The highest BCUT2D eigenvalue weighted by Gasteiger charge is 2.31. The molecule has 1 saturated carbocycles. The number of aliphatic hydroxyl groups excluding tert-OH is 1. The number of rotatable bonds is 4. The van der Waals surface area contributed by atoms with Crippen LogP contribution >= 0.6 is 12.4 Å². The molecule has 0 heterocycles. The molecule has 2 atom stereocenters. The summed E-state index contributed by atoms with van der Waals surface area (Å²) in [7, 11) is 1.53. The highest BCUT2D eigenvalue weighted by Crippen LogP contribution is 2.37. The van der Waals surface area contributed by atoms with Crippen molar-refractivity contribution in [2.24, 2.45) is 11.7 Å². The van der Waals surface area contributed by atoms with Crippen molar-refractivity contribution in [3.63, 3.8) is 0 Å². The summed E-state index contributed by atoms with van der Waals surface area (Å²) in [4.78, 5) is 0. The fourth-order valence-corrected chi connectivity index (χ4v) is 2.23. The molecular formula is C13H20ClNO3. The lowest BCUT2D eigenvalue weighted by Crippen LogP contribution is -2.36. The minimum atomic E-state index is -0.540. The first-order valence-corrected chi connectivity index (χ1v) is 5.94. The fourth-order valence-electron chi connectivity index (χ4n) is 2.23. The normalized spacial score (nSPS) is 18.4. The first-order chi connectivity index (χ1) is 8.13. The Morgan fingerprint density at radius 1 is 1.39 bits per heavy atom. The highest BCUT2D eigenvalue weighted by atomic mass is 35.5. The van der Waals surface area contributed by atoms with Gasteiger partial charge in [0.2, 0.25) is 0 Å². The van der Waals surface area contributed by atoms with E-state index in [9.17, 15) is 10.2 Å². The molecule has 1 aliphatic carbocycles. The number of nitrogens with two attached hydrogens (primary N) is 1. The van der Waals surface area contributed by atoms with Crippen LogP contribution in [0.1, 0.15) is 30.9 Å². The van der Waals surface area contributed by atoms with Gasteiger partial charge in [0.15, 0.2) is 0 Å². The van der Waals surface area contributed by atoms with Crippen molar-refractivity contribution in [2.75, 3.05) is 7.11 Å². The molecule has 0 aromatic heterocycles. The van der Waals surface area contributed by atoms with E-state index in [4.69, 9.17) is 10.5 Å². The summed E-state index contributed by atoms with van der Waals surface area (Å²) < 4.78 is 5.18. The van der Waals surface area contributed by atoms with Crippen LogP contribution < -0.4 is 10.5 Å². The van der Waals surface area contributed by atoms with Crippen LogP contribution in [0.5, 0.6) is 11.5 Å². The fraction of sp³-hybridized carbons (Fsp3) is 0.538. The quantitative estimate of drug-likeness (QED) is 0.784. The average molecular weight is 274 g/mol. The third kappa shape index (κ3) is 2.88. The van der Waals surface area contributed by atoms with Crippen LogP contribution in [0.2, 0.25) is 0 Å². The Kier molecular flexibility index (Phi) is 5.26. The van der Waals surface area contributed by atoms with Gasteiger partial charge in [-0.2, -0.15) is 0 Å². The van der Waals surface area contributed by atoms with Crippen molar-refractivity contribution in [3.8, 4) is 11.5 Å². The summed E-state index contributed by atoms with van der Waals surface area (Å²) in [6.07, 6.45) is 2.70. The highest BCUT2D eigenvalue weighted by molar-refractivity contribution is 5.85. The second-order valence-corrected chi connectivity index (χ2v) is 4.63.